The molecule has 0 radical (unpaired) electrons. The van der Waals surface area contributed by atoms with Gasteiger partial charge in [0.2, 0.25) is 0 Å². The molecule has 5 heteroatoms. The minimum Gasteiger partial charge on any atom is -0.497 e. The van der Waals surface area contributed by atoms with E-state index in [-0.39, 0.29) is 0 Å². The molecule has 0 aliphatic carbocycles. The van der Waals surface area contributed by atoms with Crippen molar-refractivity contribution in [3.8, 4) is 17.2 Å². The van der Waals surface area contributed by atoms with E-state index in [1.54, 1.807) is 21.3 Å². The summed E-state index contributed by atoms with van der Waals surface area (Å²) in [5.74, 6) is 2.28. The molecule has 0 spiro atoms. The molecule has 1 aliphatic heterocycles. The van der Waals surface area contributed by atoms with Gasteiger partial charge >= 0.3 is 0 Å². The lowest BCUT2D eigenvalue weighted by Gasteiger charge is -2.48. The number of benzene rings is 5. The zero-order chi connectivity index (χ0) is 27.6. The fourth-order valence-corrected chi connectivity index (χ4v) is 5.79. The predicted molar refractivity (Wildman–Crippen MR) is 156 cm³/mol. The van der Waals surface area contributed by atoms with Gasteiger partial charge < -0.3 is 14.2 Å². The fraction of sp³-hybridized carbons (Fsp3) is 0.143. The van der Waals surface area contributed by atoms with E-state index in [0.717, 1.165) is 50.2 Å². The average molecular weight is 527 g/mol. The van der Waals surface area contributed by atoms with Crippen LogP contribution in [0.15, 0.2) is 137 Å². The molecular formula is C35H30N2O3. The Balaban J connectivity index is 1.85. The van der Waals surface area contributed by atoms with Gasteiger partial charge in [0.1, 0.15) is 28.3 Å². The van der Waals surface area contributed by atoms with E-state index in [1.807, 2.05) is 54.6 Å². The molecule has 0 aromatic heterocycles. The minimum absolute atomic E-state index is 0.728. The normalized spacial score (nSPS) is 19.5. The topological polar surface area (TPSA) is 52.4 Å². The maximum atomic E-state index is 5.68. The summed E-state index contributed by atoms with van der Waals surface area (Å²) in [4.78, 5) is 11.4. The standard InChI is InChI=1S/C35H30N2O3/c1-38-29-18-14-27(15-19-29)34(25-10-6-4-7-11-25)35(26-12-8-5-9-13-26,28-16-20-30(39-2)21-17-28)37-33-24-31(40-3)22-23-32(33)36-34/h4-24H,1-3H3. The molecule has 0 saturated heterocycles. The first-order valence-electron chi connectivity index (χ1n) is 13.2. The van der Waals surface area contributed by atoms with Gasteiger partial charge in [-0.1, -0.05) is 84.9 Å². The Morgan fingerprint density at radius 3 is 1.20 bits per heavy atom. The number of hydrogen-bond acceptors (Lipinski definition) is 5. The molecule has 0 bridgehead atoms. The van der Waals surface area contributed by atoms with Crippen LogP contribution in [0.1, 0.15) is 22.3 Å². The summed E-state index contributed by atoms with van der Waals surface area (Å²) < 4.78 is 16.7. The summed E-state index contributed by atoms with van der Waals surface area (Å²) >= 11 is 0. The number of methoxy groups -OCH3 is 3. The van der Waals surface area contributed by atoms with Crippen molar-refractivity contribution in [3.63, 3.8) is 0 Å². The second kappa shape index (κ2) is 10.3. The van der Waals surface area contributed by atoms with Gasteiger partial charge in [-0.05, 0) is 58.7 Å². The molecule has 40 heavy (non-hydrogen) atoms. The lowest BCUT2D eigenvalue weighted by molar-refractivity contribution is 0.301. The van der Waals surface area contributed by atoms with Crippen LogP contribution in [-0.2, 0) is 11.1 Å². The highest BCUT2D eigenvalue weighted by molar-refractivity contribution is 5.56. The number of ether oxygens (including phenoxy) is 3. The SMILES string of the molecule is COc1ccc(C2(c3ccccc3)N=c3ccc(OC)cc3=NC2(c2ccccc2)c2ccc(OC)cc2)cc1. The number of fused-ring (bicyclic) bond motifs is 1. The molecule has 0 amide bonds. The maximum Gasteiger partial charge on any atom is 0.145 e. The third kappa shape index (κ3) is 3.93. The predicted octanol–water partition coefficient (Wildman–Crippen LogP) is 5.85. The van der Waals surface area contributed by atoms with Crippen LogP contribution < -0.4 is 24.9 Å². The molecule has 5 aromatic carbocycles. The molecular weight excluding hydrogens is 496 g/mol. The summed E-state index contributed by atoms with van der Waals surface area (Å²) in [7, 11) is 5.02. The summed E-state index contributed by atoms with van der Waals surface area (Å²) in [5.41, 5.74) is 2.04. The van der Waals surface area contributed by atoms with Crippen molar-refractivity contribution >= 4 is 0 Å². The van der Waals surface area contributed by atoms with Crippen molar-refractivity contribution < 1.29 is 14.2 Å². The molecule has 1 aliphatic rings. The molecule has 0 N–H and O–H groups in total. The summed E-state index contributed by atoms with van der Waals surface area (Å²) in [5, 5.41) is 1.56. The van der Waals surface area contributed by atoms with Gasteiger partial charge in [0.15, 0.2) is 0 Å². The Kier molecular flexibility index (Phi) is 6.56. The lowest BCUT2D eigenvalue weighted by Crippen LogP contribution is -2.55. The summed E-state index contributed by atoms with van der Waals surface area (Å²) in [6, 6.07) is 43.1. The van der Waals surface area contributed by atoms with Crippen LogP contribution in [0, 0.1) is 0 Å². The fourth-order valence-electron chi connectivity index (χ4n) is 5.79. The van der Waals surface area contributed by atoms with Gasteiger partial charge in [-0.3, -0.25) is 9.98 Å². The van der Waals surface area contributed by atoms with Crippen LogP contribution in [0.25, 0.3) is 0 Å². The quantitative estimate of drug-likeness (QED) is 0.267. The van der Waals surface area contributed by atoms with E-state index in [2.05, 4.69) is 72.8 Å². The highest BCUT2D eigenvalue weighted by atomic mass is 16.5. The van der Waals surface area contributed by atoms with Crippen LogP contribution in [0.4, 0.5) is 0 Å². The zero-order valence-electron chi connectivity index (χ0n) is 22.7. The van der Waals surface area contributed by atoms with Gasteiger partial charge in [0.05, 0.1) is 32.0 Å². The van der Waals surface area contributed by atoms with Crippen LogP contribution in [-0.4, -0.2) is 21.3 Å². The first-order chi connectivity index (χ1) is 19.6. The summed E-state index contributed by atoms with van der Waals surface area (Å²) in [6.07, 6.45) is 0. The second-order valence-electron chi connectivity index (χ2n) is 9.69. The van der Waals surface area contributed by atoms with Crippen LogP contribution in [0.5, 0.6) is 17.2 Å². The van der Waals surface area contributed by atoms with E-state index in [9.17, 15) is 0 Å². The Labute approximate surface area is 234 Å². The highest BCUT2D eigenvalue weighted by Gasteiger charge is 2.57. The zero-order valence-corrected chi connectivity index (χ0v) is 22.7. The minimum atomic E-state index is -0.990. The van der Waals surface area contributed by atoms with Gasteiger partial charge in [-0.15, -0.1) is 0 Å². The van der Waals surface area contributed by atoms with Crippen molar-refractivity contribution in [3.05, 3.63) is 160 Å². The Bertz CT molecular complexity index is 1740. The van der Waals surface area contributed by atoms with E-state index in [4.69, 9.17) is 24.2 Å². The van der Waals surface area contributed by atoms with Crippen molar-refractivity contribution in [2.75, 3.05) is 21.3 Å². The first kappa shape index (κ1) is 25.4. The second-order valence-corrected chi connectivity index (χ2v) is 9.69. The van der Waals surface area contributed by atoms with Crippen molar-refractivity contribution in [2.24, 2.45) is 9.98 Å². The molecule has 198 valence electrons. The largest absolute Gasteiger partial charge is 0.497 e. The van der Waals surface area contributed by atoms with Crippen molar-refractivity contribution in [1.82, 2.24) is 0 Å². The van der Waals surface area contributed by atoms with Crippen molar-refractivity contribution in [2.45, 2.75) is 11.1 Å². The van der Waals surface area contributed by atoms with E-state index in [0.29, 0.717) is 0 Å². The van der Waals surface area contributed by atoms with Crippen LogP contribution >= 0.6 is 0 Å². The molecule has 0 saturated carbocycles. The van der Waals surface area contributed by atoms with E-state index < -0.39 is 11.1 Å². The van der Waals surface area contributed by atoms with E-state index >= 15 is 0 Å². The third-order valence-electron chi connectivity index (χ3n) is 7.68. The molecule has 5 nitrogen and oxygen atoms in total. The smallest absolute Gasteiger partial charge is 0.145 e. The van der Waals surface area contributed by atoms with Gasteiger partial charge in [-0.2, -0.15) is 0 Å². The van der Waals surface area contributed by atoms with Gasteiger partial charge in [-0.25, -0.2) is 0 Å². The number of nitrogens with zero attached hydrogens (tertiary/aromatic N) is 2. The van der Waals surface area contributed by atoms with E-state index in [1.165, 1.54) is 0 Å². The van der Waals surface area contributed by atoms with Crippen LogP contribution in [0.3, 0.4) is 0 Å². The van der Waals surface area contributed by atoms with Gasteiger partial charge in [0.25, 0.3) is 0 Å². The Hall–Kier alpha value is -4.90. The molecule has 5 aromatic rings. The van der Waals surface area contributed by atoms with Crippen LogP contribution in [0.2, 0.25) is 0 Å². The third-order valence-corrected chi connectivity index (χ3v) is 7.68. The molecule has 2 unspecified atom stereocenters. The Morgan fingerprint density at radius 1 is 0.400 bits per heavy atom. The summed E-state index contributed by atoms with van der Waals surface area (Å²) in [6.45, 7) is 0. The van der Waals surface area contributed by atoms with Crippen molar-refractivity contribution in [1.29, 1.82) is 0 Å². The highest BCUT2D eigenvalue weighted by Crippen LogP contribution is 2.55. The average Bonchev–Trinajstić information content (AvgIpc) is 3.04. The monoisotopic (exact) mass is 526 g/mol. The number of hydrogen-bond donors (Lipinski definition) is 0. The number of rotatable bonds is 7. The molecule has 2 atom stereocenters. The maximum absolute atomic E-state index is 5.68. The first-order valence-corrected chi connectivity index (χ1v) is 13.2. The lowest BCUT2D eigenvalue weighted by atomic mass is 9.61. The molecule has 1 heterocycles. The van der Waals surface area contributed by atoms with Gasteiger partial charge in [0, 0.05) is 6.07 Å². The molecule has 0 fully saturated rings. The molecule has 6 rings (SSSR count). The Morgan fingerprint density at radius 2 is 0.775 bits per heavy atom.